The Morgan fingerprint density at radius 1 is 1.09 bits per heavy atom. The molecular weight excluding hydrogens is 473 g/mol. The molecule has 168 valence electrons. The minimum atomic E-state index is -3.78. The molecule has 1 aromatic heterocycles. The van der Waals surface area contributed by atoms with Gasteiger partial charge in [-0.25, -0.2) is 13.1 Å². The standard InChI is InChI=1S/C22H21Cl2N3O4S/c23-18-4-7-20(24)21(14-18)32(29,30)26-12-8-17(9-13-26)22(28)31-15-16-2-5-19(6-3-16)27-11-1-10-25-27/h1-7,10-11,14,17H,8-9,12-13,15H2. The van der Waals surface area contributed by atoms with E-state index >= 15 is 0 Å². The number of sulfonamides is 1. The van der Waals surface area contributed by atoms with E-state index in [1.807, 2.05) is 36.5 Å². The number of aromatic nitrogens is 2. The Morgan fingerprint density at radius 2 is 1.81 bits per heavy atom. The Morgan fingerprint density at radius 3 is 2.47 bits per heavy atom. The van der Waals surface area contributed by atoms with Gasteiger partial charge in [0.2, 0.25) is 10.0 Å². The number of hydrogen-bond donors (Lipinski definition) is 0. The van der Waals surface area contributed by atoms with Crippen LogP contribution in [0.5, 0.6) is 0 Å². The molecule has 0 bridgehead atoms. The topological polar surface area (TPSA) is 81.5 Å². The highest BCUT2D eigenvalue weighted by molar-refractivity contribution is 7.89. The van der Waals surface area contributed by atoms with E-state index in [9.17, 15) is 13.2 Å². The maximum atomic E-state index is 12.9. The zero-order valence-electron chi connectivity index (χ0n) is 17.0. The molecule has 1 fully saturated rings. The number of ether oxygens (including phenoxy) is 1. The summed E-state index contributed by atoms with van der Waals surface area (Å²) in [6.07, 6.45) is 4.32. The van der Waals surface area contributed by atoms with Gasteiger partial charge in [-0.1, -0.05) is 35.3 Å². The summed E-state index contributed by atoms with van der Waals surface area (Å²) >= 11 is 12.0. The fraction of sp³-hybridized carbons (Fsp3) is 0.273. The minimum Gasteiger partial charge on any atom is -0.461 e. The molecule has 0 spiro atoms. The summed E-state index contributed by atoms with van der Waals surface area (Å²) in [6.45, 7) is 0.585. The van der Waals surface area contributed by atoms with Crippen molar-refractivity contribution < 1.29 is 17.9 Å². The van der Waals surface area contributed by atoms with Crippen LogP contribution in [0.1, 0.15) is 18.4 Å². The number of rotatable bonds is 6. The van der Waals surface area contributed by atoms with Crippen LogP contribution < -0.4 is 0 Å². The molecule has 1 aliphatic rings. The van der Waals surface area contributed by atoms with Crippen molar-refractivity contribution in [2.45, 2.75) is 24.3 Å². The predicted molar refractivity (Wildman–Crippen MR) is 121 cm³/mol. The van der Waals surface area contributed by atoms with Gasteiger partial charge in [-0.2, -0.15) is 9.40 Å². The van der Waals surface area contributed by atoms with Crippen LogP contribution in [-0.4, -0.2) is 41.6 Å². The van der Waals surface area contributed by atoms with Crippen molar-refractivity contribution in [2.24, 2.45) is 5.92 Å². The summed E-state index contributed by atoms with van der Waals surface area (Å²) in [5.41, 5.74) is 1.78. The fourth-order valence-electron chi connectivity index (χ4n) is 3.58. The van der Waals surface area contributed by atoms with Gasteiger partial charge in [0.1, 0.15) is 11.5 Å². The quantitative estimate of drug-likeness (QED) is 0.477. The Labute approximate surface area is 196 Å². The first-order chi connectivity index (χ1) is 15.3. The summed E-state index contributed by atoms with van der Waals surface area (Å²) < 4.78 is 34.4. The molecule has 2 heterocycles. The van der Waals surface area contributed by atoms with Crippen molar-refractivity contribution in [2.75, 3.05) is 13.1 Å². The van der Waals surface area contributed by atoms with E-state index in [4.69, 9.17) is 27.9 Å². The minimum absolute atomic E-state index is 0.0220. The van der Waals surface area contributed by atoms with Gasteiger partial charge in [-0.3, -0.25) is 4.79 Å². The predicted octanol–water partition coefficient (Wildman–Crippen LogP) is 4.32. The smallest absolute Gasteiger partial charge is 0.309 e. The highest BCUT2D eigenvalue weighted by Crippen LogP contribution is 2.30. The Bertz CT molecular complexity index is 1190. The molecule has 10 heteroatoms. The van der Waals surface area contributed by atoms with Gasteiger partial charge in [0, 0.05) is 30.5 Å². The van der Waals surface area contributed by atoms with Crippen molar-refractivity contribution in [3.8, 4) is 5.69 Å². The molecule has 0 unspecified atom stereocenters. The maximum Gasteiger partial charge on any atom is 0.309 e. The molecule has 1 saturated heterocycles. The molecule has 2 aromatic carbocycles. The van der Waals surface area contributed by atoms with Gasteiger partial charge < -0.3 is 4.74 Å². The van der Waals surface area contributed by atoms with Crippen LogP contribution in [0.2, 0.25) is 10.0 Å². The van der Waals surface area contributed by atoms with E-state index in [1.165, 1.54) is 22.5 Å². The Kier molecular flexibility index (Phi) is 6.85. The van der Waals surface area contributed by atoms with Gasteiger partial charge in [-0.05, 0) is 54.8 Å². The Hall–Kier alpha value is -2.39. The van der Waals surface area contributed by atoms with E-state index in [2.05, 4.69) is 5.10 Å². The van der Waals surface area contributed by atoms with Gasteiger partial charge in [0.25, 0.3) is 0 Å². The highest BCUT2D eigenvalue weighted by atomic mass is 35.5. The zero-order chi connectivity index (χ0) is 22.7. The van der Waals surface area contributed by atoms with Crippen LogP contribution in [-0.2, 0) is 26.2 Å². The number of piperidine rings is 1. The van der Waals surface area contributed by atoms with Crippen LogP contribution in [0, 0.1) is 5.92 Å². The van der Waals surface area contributed by atoms with Crippen molar-refractivity contribution in [1.29, 1.82) is 0 Å². The largest absolute Gasteiger partial charge is 0.461 e. The maximum absolute atomic E-state index is 12.9. The van der Waals surface area contributed by atoms with Crippen LogP contribution in [0.15, 0.2) is 65.8 Å². The lowest BCUT2D eigenvalue weighted by molar-refractivity contribution is -0.151. The van der Waals surface area contributed by atoms with Crippen molar-refractivity contribution >= 4 is 39.2 Å². The van der Waals surface area contributed by atoms with Gasteiger partial charge in [-0.15, -0.1) is 0 Å². The van der Waals surface area contributed by atoms with Crippen LogP contribution >= 0.6 is 23.2 Å². The molecule has 0 aliphatic carbocycles. The number of nitrogens with zero attached hydrogens (tertiary/aromatic N) is 3. The average molecular weight is 494 g/mol. The van der Waals surface area contributed by atoms with Gasteiger partial charge in [0.05, 0.1) is 16.6 Å². The number of hydrogen-bond acceptors (Lipinski definition) is 5. The molecule has 3 aromatic rings. The molecule has 0 saturated carbocycles. The summed E-state index contributed by atoms with van der Waals surface area (Å²) in [5.74, 6) is -0.668. The molecule has 0 radical (unpaired) electrons. The van der Waals surface area contributed by atoms with Gasteiger partial charge in [0.15, 0.2) is 0 Å². The third-order valence-electron chi connectivity index (χ3n) is 5.38. The second kappa shape index (κ2) is 9.62. The molecule has 0 amide bonds. The monoisotopic (exact) mass is 493 g/mol. The molecule has 32 heavy (non-hydrogen) atoms. The molecule has 4 rings (SSSR count). The molecule has 7 nitrogen and oxygen atoms in total. The number of benzene rings is 2. The van der Waals surface area contributed by atoms with E-state index < -0.39 is 10.0 Å². The fourth-order valence-corrected chi connectivity index (χ4v) is 5.79. The van der Waals surface area contributed by atoms with Gasteiger partial charge >= 0.3 is 5.97 Å². The molecule has 1 aliphatic heterocycles. The second-order valence-corrected chi connectivity index (χ2v) is 10.2. The number of halogens is 2. The van der Waals surface area contributed by atoms with Crippen LogP contribution in [0.3, 0.4) is 0 Å². The number of carbonyl (C=O) groups is 1. The lowest BCUT2D eigenvalue weighted by Crippen LogP contribution is -2.40. The van der Waals surface area contributed by atoms with Crippen molar-refractivity contribution in [3.63, 3.8) is 0 Å². The van der Waals surface area contributed by atoms with E-state index in [1.54, 1.807) is 10.9 Å². The first-order valence-corrected chi connectivity index (χ1v) is 12.2. The first kappa shape index (κ1) is 22.8. The van der Waals surface area contributed by atoms with Crippen molar-refractivity contribution in [3.05, 3.63) is 76.5 Å². The van der Waals surface area contributed by atoms with E-state index in [0.29, 0.717) is 17.9 Å². The summed E-state index contributed by atoms with van der Waals surface area (Å²) in [7, 11) is -3.78. The Balaban J connectivity index is 1.31. The van der Waals surface area contributed by atoms with E-state index in [0.717, 1.165) is 11.3 Å². The second-order valence-electron chi connectivity index (χ2n) is 7.48. The number of carbonyl (C=O) groups excluding carboxylic acids is 1. The lowest BCUT2D eigenvalue weighted by Gasteiger charge is -2.30. The SMILES string of the molecule is O=C(OCc1ccc(-n2cccn2)cc1)C1CCN(S(=O)(=O)c2cc(Cl)ccc2Cl)CC1. The summed E-state index contributed by atoms with van der Waals surface area (Å²) in [6, 6.07) is 13.8. The first-order valence-electron chi connectivity index (χ1n) is 10.1. The zero-order valence-corrected chi connectivity index (χ0v) is 19.4. The molecule has 0 N–H and O–H groups in total. The van der Waals surface area contributed by atoms with Crippen LogP contribution in [0.4, 0.5) is 0 Å². The third-order valence-corrected chi connectivity index (χ3v) is 8.00. The van der Waals surface area contributed by atoms with Crippen LogP contribution in [0.25, 0.3) is 5.69 Å². The lowest BCUT2D eigenvalue weighted by atomic mass is 9.98. The summed E-state index contributed by atoms with van der Waals surface area (Å²) in [4.78, 5) is 12.5. The average Bonchev–Trinajstić information content (AvgIpc) is 3.34. The van der Waals surface area contributed by atoms with E-state index in [-0.39, 0.29) is 41.5 Å². The van der Waals surface area contributed by atoms with Crippen molar-refractivity contribution in [1.82, 2.24) is 14.1 Å². The normalized spacial score (nSPS) is 15.6. The third kappa shape index (κ3) is 4.99. The molecular formula is C22H21Cl2N3O4S. The summed E-state index contributed by atoms with van der Waals surface area (Å²) in [5, 5.41) is 4.59. The number of esters is 1. The molecule has 0 atom stereocenters. The highest BCUT2D eigenvalue weighted by Gasteiger charge is 2.34.